The van der Waals surface area contributed by atoms with Gasteiger partial charge < -0.3 is 5.32 Å². The van der Waals surface area contributed by atoms with Crippen molar-refractivity contribution in [1.82, 2.24) is 4.72 Å². The Morgan fingerprint density at radius 3 is 2.94 bits per heavy atom. The summed E-state index contributed by atoms with van der Waals surface area (Å²) in [7, 11) is -3.38. The molecule has 1 aliphatic rings. The lowest BCUT2D eigenvalue weighted by Gasteiger charge is -2.13. The van der Waals surface area contributed by atoms with Crippen LogP contribution < -0.4 is 10.0 Å². The maximum absolute atomic E-state index is 12.2. The van der Waals surface area contributed by atoms with Crippen LogP contribution in [-0.2, 0) is 16.4 Å². The topological polar surface area (TPSA) is 58.2 Å². The minimum atomic E-state index is -3.38. The molecule has 0 radical (unpaired) electrons. The monoisotopic (exact) mass is 268 g/mol. The first-order chi connectivity index (χ1) is 8.53. The van der Waals surface area contributed by atoms with Crippen molar-refractivity contribution in [1.29, 1.82) is 0 Å². The molecule has 0 unspecified atom stereocenters. The van der Waals surface area contributed by atoms with Crippen LogP contribution >= 0.6 is 0 Å². The number of anilines is 1. The van der Waals surface area contributed by atoms with Gasteiger partial charge in [-0.2, -0.15) is 0 Å². The summed E-state index contributed by atoms with van der Waals surface area (Å²) in [6.07, 6.45) is 2.72. The van der Waals surface area contributed by atoms with E-state index in [0.29, 0.717) is 4.90 Å². The van der Waals surface area contributed by atoms with Crippen LogP contribution in [-0.4, -0.2) is 21.0 Å². The normalized spacial score (nSPS) is 16.1. The van der Waals surface area contributed by atoms with E-state index < -0.39 is 10.0 Å². The Morgan fingerprint density at radius 2 is 2.22 bits per heavy atom. The minimum absolute atomic E-state index is 0.0219. The maximum atomic E-state index is 12.2. The summed E-state index contributed by atoms with van der Waals surface area (Å²) in [6, 6.07) is 5.27. The predicted molar refractivity (Wildman–Crippen MR) is 73.3 cm³/mol. The standard InChI is InChI=1S/C13H20N2O2S/c1-3-4-10(2)15-18(16,17)12-5-6-13-11(9-12)7-8-14-13/h5-6,9-10,14-15H,3-4,7-8H2,1-2H3/t10-/m0/s1. The number of hydrogen-bond acceptors (Lipinski definition) is 3. The first-order valence-electron chi connectivity index (χ1n) is 6.42. The lowest BCUT2D eigenvalue weighted by Crippen LogP contribution is -2.32. The molecule has 1 aromatic carbocycles. The third kappa shape index (κ3) is 2.84. The van der Waals surface area contributed by atoms with Gasteiger partial charge in [0.05, 0.1) is 4.90 Å². The van der Waals surface area contributed by atoms with Crippen LogP contribution in [0, 0.1) is 0 Å². The van der Waals surface area contributed by atoms with E-state index in [9.17, 15) is 8.42 Å². The van der Waals surface area contributed by atoms with Gasteiger partial charge in [-0.05, 0) is 43.5 Å². The van der Waals surface area contributed by atoms with Gasteiger partial charge in [-0.25, -0.2) is 13.1 Å². The van der Waals surface area contributed by atoms with E-state index in [4.69, 9.17) is 0 Å². The second-order valence-electron chi connectivity index (χ2n) is 4.81. The van der Waals surface area contributed by atoms with Gasteiger partial charge in [-0.3, -0.25) is 0 Å². The zero-order chi connectivity index (χ0) is 13.2. The third-order valence-corrected chi connectivity index (χ3v) is 4.76. The molecular formula is C13H20N2O2S. The Kier molecular flexibility index (Phi) is 3.92. The Hall–Kier alpha value is -1.07. The summed E-state index contributed by atoms with van der Waals surface area (Å²) < 4.78 is 27.1. The van der Waals surface area contributed by atoms with Crippen molar-refractivity contribution in [2.24, 2.45) is 0 Å². The molecule has 1 aromatic rings. The van der Waals surface area contributed by atoms with Gasteiger partial charge in [0.1, 0.15) is 0 Å². The van der Waals surface area contributed by atoms with Crippen LogP contribution in [0.15, 0.2) is 23.1 Å². The highest BCUT2D eigenvalue weighted by atomic mass is 32.2. The third-order valence-electron chi connectivity index (χ3n) is 3.17. The Labute approximate surface area is 109 Å². The molecule has 2 rings (SSSR count). The Bertz CT molecular complexity index is 526. The molecule has 0 bridgehead atoms. The zero-order valence-electron chi connectivity index (χ0n) is 10.9. The Balaban J connectivity index is 2.19. The fourth-order valence-electron chi connectivity index (χ4n) is 2.27. The number of nitrogens with one attached hydrogen (secondary N) is 2. The van der Waals surface area contributed by atoms with E-state index in [2.05, 4.69) is 10.0 Å². The number of fused-ring (bicyclic) bond motifs is 1. The molecule has 0 fully saturated rings. The van der Waals surface area contributed by atoms with Crippen molar-refractivity contribution in [3.63, 3.8) is 0 Å². The number of rotatable bonds is 5. The van der Waals surface area contributed by atoms with Crippen LogP contribution in [0.3, 0.4) is 0 Å². The fourth-order valence-corrected chi connectivity index (χ4v) is 3.60. The molecule has 4 nitrogen and oxygen atoms in total. The molecular weight excluding hydrogens is 248 g/mol. The van der Waals surface area contributed by atoms with Crippen molar-refractivity contribution < 1.29 is 8.42 Å². The van der Waals surface area contributed by atoms with E-state index in [1.165, 1.54) is 0 Å². The molecule has 0 amide bonds. The maximum Gasteiger partial charge on any atom is 0.240 e. The molecule has 1 aliphatic heterocycles. The molecule has 0 spiro atoms. The number of hydrogen-bond donors (Lipinski definition) is 2. The van der Waals surface area contributed by atoms with Crippen molar-refractivity contribution >= 4 is 15.7 Å². The van der Waals surface area contributed by atoms with Crippen LogP contribution in [0.2, 0.25) is 0 Å². The van der Waals surface area contributed by atoms with Gasteiger partial charge in [0.2, 0.25) is 10.0 Å². The number of benzene rings is 1. The van der Waals surface area contributed by atoms with Crippen molar-refractivity contribution in [2.45, 2.75) is 44.0 Å². The molecule has 100 valence electrons. The van der Waals surface area contributed by atoms with E-state index in [1.54, 1.807) is 12.1 Å². The summed E-state index contributed by atoms with van der Waals surface area (Å²) >= 11 is 0. The molecule has 5 heteroatoms. The van der Waals surface area contributed by atoms with Gasteiger partial charge in [-0.15, -0.1) is 0 Å². The highest BCUT2D eigenvalue weighted by Gasteiger charge is 2.19. The lowest BCUT2D eigenvalue weighted by molar-refractivity contribution is 0.544. The smallest absolute Gasteiger partial charge is 0.240 e. The van der Waals surface area contributed by atoms with Gasteiger partial charge in [0, 0.05) is 18.3 Å². The highest BCUT2D eigenvalue weighted by molar-refractivity contribution is 7.89. The molecule has 2 N–H and O–H groups in total. The van der Waals surface area contributed by atoms with Gasteiger partial charge in [0.15, 0.2) is 0 Å². The molecule has 0 aliphatic carbocycles. The van der Waals surface area contributed by atoms with Crippen LogP contribution in [0.5, 0.6) is 0 Å². The highest BCUT2D eigenvalue weighted by Crippen LogP contribution is 2.25. The molecule has 0 aromatic heterocycles. The predicted octanol–water partition coefficient (Wildman–Crippen LogP) is 2.12. The van der Waals surface area contributed by atoms with Gasteiger partial charge in [-0.1, -0.05) is 13.3 Å². The van der Waals surface area contributed by atoms with Crippen molar-refractivity contribution in [3.8, 4) is 0 Å². The largest absolute Gasteiger partial charge is 0.384 e. The first-order valence-corrected chi connectivity index (χ1v) is 7.90. The van der Waals surface area contributed by atoms with Crippen molar-refractivity contribution in [2.75, 3.05) is 11.9 Å². The molecule has 1 atom stereocenters. The molecule has 18 heavy (non-hydrogen) atoms. The average Bonchev–Trinajstić information content (AvgIpc) is 2.75. The van der Waals surface area contributed by atoms with Crippen LogP contribution in [0.25, 0.3) is 0 Å². The SMILES string of the molecule is CCC[C@H](C)NS(=O)(=O)c1ccc2c(c1)CCN2. The van der Waals surface area contributed by atoms with E-state index in [1.807, 2.05) is 19.9 Å². The lowest BCUT2D eigenvalue weighted by atomic mass is 10.2. The van der Waals surface area contributed by atoms with E-state index in [0.717, 1.165) is 37.1 Å². The fraction of sp³-hybridized carbons (Fsp3) is 0.538. The molecule has 1 heterocycles. The first kappa shape index (κ1) is 13.4. The Morgan fingerprint density at radius 1 is 1.44 bits per heavy atom. The van der Waals surface area contributed by atoms with E-state index >= 15 is 0 Å². The zero-order valence-corrected chi connectivity index (χ0v) is 11.7. The molecule has 0 saturated heterocycles. The second-order valence-corrected chi connectivity index (χ2v) is 6.52. The van der Waals surface area contributed by atoms with Crippen LogP contribution in [0.4, 0.5) is 5.69 Å². The molecule has 0 saturated carbocycles. The van der Waals surface area contributed by atoms with E-state index in [-0.39, 0.29) is 6.04 Å². The van der Waals surface area contributed by atoms with Gasteiger partial charge >= 0.3 is 0 Å². The summed E-state index contributed by atoms with van der Waals surface area (Å²) in [4.78, 5) is 0.368. The van der Waals surface area contributed by atoms with Crippen LogP contribution in [0.1, 0.15) is 32.3 Å². The minimum Gasteiger partial charge on any atom is -0.384 e. The summed E-state index contributed by atoms with van der Waals surface area (Å²) in [6.45, 7) is 4.83. The quantitative estimate of drug-likeness (QED) is 0.860. The second kappa shape index (κ2) is 5.28. The summed E-state index contributed by atoms with van der Waals surface area (Å²) in [5, 5.41) is 3.22. The van der Waals surface area contributed by atoms with Gasteiger partial charge in [0.25, 0.3) is 0 Å². The summed E-state index contributed by atoms with van der Waals surface area (Å²) in [5.41, 5.74) is 2.14. The summed E-state index contributed by atoms with van der Waals surface area (Å²) in [5.74, 6) is 0. The number of sulfonamides is 1. The average molecular weight is 268 g/mol. The van der Waals surface area contributed by atoms with Crippen molar-refractivity contribution in [3.05, 3.63) is 23.8 Å².